The molecule has 1 aliphatic carbocycles. The molecule has 4 heteroatoms. The van der Waals surface area contributed by atoms with Crippen molar-refractivity contribution in [1.29, 1.82) is 0 Å². The van der Waals surface area contributed by atoms with Crippen LogP contribution in [0.2, 0.25) is 0 Å². The maximum Gasteiger partial charge on any atom is 0.0794 e. The summed E-state index contributed by atoms with van der Waals surface area (Å²) >= 11 is 0. The summed E-state index contributed by atoms with van der Waals surface area (Å²) in [5.74, 6) is 0. The number of nitrogens with zero attached hydrogens (tertiary/aromatic N) is 1. The van der Waals surface area contributed by atoms with Crippen molar-refractivity contribution in [3.63, 3.8) is 0 Å². The first-order chi connectivity index (χ1) is 11.3. The average molecular weight is 308 g/mol. The minimum absolute atomic E-state index is 0.484. The van der Waals surface area contributed by atoms with Gasteiger partial charge in [0.1, 0.15) is 0 Å². The molecule has 3 N–H and O–H groups in total. The molecular weight excluding hydrogens is 284 g/mol. The number of aromatic amines is 2. The van der Waals surface area contributed by atoms with Crippen LogP contribution >= 0.6 is 0 Å². The van der Waals surface area contributed by atoms with Gasteiger partial charge < -0.3 is 10.3 Å². The molecule has 0 saturated carbocycles. The standard InChI is InChI=1S/C19H24N4/c1-13(20-12-19-16-6-4-8-18(16)22-23-19)9-10-14-11-21-17-7-3-2-5-15(14)17/h2-3,5,7,11,13,20-21H,4,6,8-10,12H2,1H3,(H,22,23)/t13-/m1/s1. The number of aryl methyl sites for hydroxylation is 2. The predicted octanol–water partition coefficient (Wildman–Crippen LogP) is 3.49. The van der Waals surface area contributed by atoms with Crippen molar-refractivity contribution >= 4 is 10.9 Å². The molecule has 2 heterocycles. The van der Waals surface area contributed by atoms with Crippen LogP contribution in [0.25, 0.3) is 10.9 Å². The van der Waals surface area contributed by atoms with Crippen LogP contribution in [-0.2, 0) is 25.8 Å². The van der Waals surface area contributed by atoms with Crippen LogP contribution in [0.5, 0.6) is 0 Å². The lowest BCUT2D eigenvalue weighted by Gasteiger charge is -2.13. The molecule has 0 spiro atoms. The van der Waals surface area contributed by atoms with Crippen LogP contribution in [0.3, 0.4) is 0 Å². The van der Waals surface area contributed by atoms with Crippen LogP contribution in [0, 0.1) is 0 Å². The van der Waals surface area contributed by atoms with E-state index in [1.54, 1.807) is 0 Å². The summed E-state index contributed by atoms with van der Waals surface area (Å²) in [6.45, 7) is 3.14. The Morgan fingerprint density at radius 3 is 3.13 bits per heavy atom. The van der Waals surface area contributed by atoms with Gasteiger partial charge in [-0.15, -0.1) is 0 Å². The van der Waals surface area contributed by atoms with Gasteiger partial charge in [-0.05, 0) is 56.2 Å². The van der Waals surface area contributed by atoms with E-state index in [0.717, 1.165) is 19.4 Å². The van der Waals surface area contributed by atoms with Gasteiger partial charge in [0.25, 0.3) is 0 Å². The normalized spacial score (nSPS) is 15.2. The Morgan fingerprint density at radius 1 is 1.26 bits per heavy atom. The number of H-pyrrole nitrogens is 2. The fourth-order valence-electron chi connectivity index (χ4n) is 3.62. The van der Waals surface area contributed by atoms with Crippen molar-refractivity contribution in [2.45, 2.75) is 51.6 Å². The summed E-state index contributed by atoms with van der Waals surface area (Å²) in [6, 6.07) is 9.01. The summed E-state index contributed by atoms with van der Waals surface area (Å²) < 4.78 is 0. The van der Waals surface area contributed by atoms with Crippen LogP contribution in [0.1, 0.15) is 42.3 Å². The summed E-state index contributed by atoms with van der Waals surface area (Å²) in [5, 5.41) is 12.6. The van der Waals surface area contributed by atoms with Crippen LogP contribution in [-0.4, -0.2) is 21.2 Å². The van der Waals surface area contributed by atoms with Crippen molar-refractivity contribution < 1.29 is 0 Å². The topological polar surface area (TPSA) is 56.5 Å². The highest BCUT2D eigenvalue weighted by molar-refractivity contribution is 5.82. The number of rotatable bonds is 6. The van der Waals surface area contributed by atoms with Crippen molar-refractivity contribution in [2.75, 3.05) is 0 Å². The smallest absolute Gasteiger partial charge is 0.0794 e. The molecule has 120 valence electrons. The number of nitrogens with one attached hydrogen (secondary N) is 3. The van der Waals surface area contributed by atoms with Crippen molar-refractivity contribution in [2.24, 2.45) is 0 Å². The molecule has 0 radical (unpaired) electrons. The molecular formula is C19H24N4. The molecule has 1 aliphatic rings. The molecule has 0 saturated heterocycles. The first-order valence-corrected chi connectivity index (χ1v) is 8.64. The first-order valence-electron chi connectivity index (χ1n) is 8.64. The lowest BCUT2D eigenvalue weighted by atomic mass is 10.1. The Kier molecular flexibility index (Phi) is 3.92. The molecule has 0 bridgehead atoms. The number of para-hydroxylation sites is 1. The molecule has 0 fully saturated rings. The highest BCUT2D eigenvalue weighted by atomic mass is 15.1. The fraction of sp³-hybridized carbons (Fsp3) is 0.421. The van der Waals surface area contributed by atoms with Crippen molar-refractivity contribution in [3.05, 3.63) is 53.0 Å². The molecule has 0 unspecified atom stereocenters. The molecule has 4 rings (SSSR count). The van der Waals surface area contributed by atoms with E-state index < -0.39 is 0 Å². The predicted molar refractivity (Wildman–Crippen MR) is 93.5 cm³/mol. The third kappa shape index (κ3) is 2.91. The van der Waals surface area contributed by atoms with Gasteiger partial charge in [-0.3, -0.25) is 5.10 Å². The fourth-order valence-corrected chi connectivity index (χ4v) is 3.62. The van der Waals surface area contributed by atoms with E-state index in [1.165, 1.54) is 52.7 Å². The van der Waals surface area contributed by atoms with Gasteiger partial charge in [-0.25, -0.2) is 0 Å². The van der Waals surface area contributed by atoms with Gasteiger partial charge >= 0.3 is 0 Å². The molecule has 3 aromatic rings. The Bertz CT molecular complexity index is 799. The second-order valence-corrected chi connectivity index (χ2v) is 6.66. The van der Waals surface area contributed by atoms with Gasteiger partial charge in [-0.1, -0.05) is 18.2 Å². The van der Waals surface area contributed by atoms with E-state index in [-0.39, 0.29) is 0 Å². The highest BCUT2D eigenvalue weighted by Crippen LogP contribution is 2.23. The summed E-state index contributed by atoms with van der Waals surface area (Å²) in [4.78, 5) is 3.36. The quantitative estimate of drug-likeness (QED) is 0.653. The van der Waals surface area contributed by atoms with E-state index in [9.17, 15) is 0 Å². The highest BCUT2D eigenvalue weighted by Gasteiger charge is 2.18. The Morgan fingerprint density at radius 2 is 2.17 bits per heavy atom. The molecule has 2 aromatic heterocycles. The first kappa shape index (κ1) is 14.5. The summed E-state index contributed by atoms with van der Waals surface area (Å²) in [7, 11) is 0. The average Bonchev–Trinajstić information content (AvgIpc) is 3.27. The number of fused-ring (bicyclic) bond motifs is 2. The zero-order chi connectivity index (χ0) is 15.6. The Balaban J connectivity index is 1.32. The third-order valence-corrected chi connectivity index (χ3v) is 5.03. The second kappa shape index (κ2) is 6.20. The van der Waals surface area contributed by atoms with Crippen LogP contribution < -0.4 is 5.32 Å². The largest absolute Gasteiger partial charge is 0.361 e. The number of hydrogen-bond acceptors (Lipinski definition) is 2. The Hall–Kier alpha value is -2.07. The van der Waals surface area contributed by atoms with Crippen LogP contribution in [0.15, 0.2) is 30.5 Å². The van der Waals surface area contributed by atoms with Gasteiger partial charge in [-0.2, -0.15) is 5.10 Å². The summed E-state index contributed by atoms with van der Waals surface area (Å²) in [5.41, 5.74) is 6.68. The van der Waals surface area contributed by atoms with E-state index in [0.29, 0.717) is 6.04 Å². The zero-order valence-electron chi connectivity index (χ0n) is 13.7. The Labute approximate surface area is 136 Å². The number of hydrogen-bond donors (Lipinski definition) is 3. The number of benzene rings is 1. The van der Waals surface area contributed by atoms with E-state index in [4.69, 9.17) is 0 Å². The van der Waals surface area contributed by atoms with Gasteiger partial charge in [0.2, 0.25) is 0 Å². The molecule has 0 aliphatic heterocycles. The van der Waals surface area contributed by atoms with Gasteiger partial charge in [0.05, 0.1) is 5.69 Å². The van der Waals surface area contributed by atoms with E-state index in [1.807, 2.05) is 0 Å². The lowest BCUT2D eigenvalue weighted by molar-refractivity contribution is 0.508. The minimum atomic E-state index is 0.484. The van der Waals surface area contributed by atoms with Gasteiger partial charge in [0.15, 0.2) is 0 Å². The zero-order valence-corrected chi connectivity index (χ0v) is 13.7. The monoisotopic (exact) mass is 308 g/mol. The molecule has 1 aromatic carbocycles. The van der Waals surface area contributed by atoms with E-state index in [2.05, 4.69) is 57.9 Å². The van der Waals surface area contributed by atoms with Gasteiger partial charge in [0, 0.05) is 35.4 Å². The minimum Gasteiger partial charge on any atom is -0.361 e. The van der Waals surface area contributed by atoms with Crippen molar-refractivity contribution in [1.82, 2.24) is 20.5 Å². The molecule has 23 heavy (non-hydrogen) atoms. The lowest BCUT2D eigenvalue weighted by Crippen LogP contribution is -2.26. The molecule has 4 nitrogen and oxygen atoms in total. The maximum atomic E-state index is 4.47. The SMILES string of the molecule is C[C@H](CCc1c[nH]c2ccccc12)NCc1n[nH]c2c1CCC2. The van der Waals surface area contributed by atoms with E-state index >= 15 is 0 Å². The maximum absolute atomic E-state index is 4.47. The third-order valence-electron chi connectivity index (χ3n) is 5.03. The van der Waals surface area contributed by atoms with Crippen LogP contribution in [0.4, 0.5) is 0 Å². The second-order valence-electron chi connectivity index (χ2n) is 6.66. The molecule has 1 atom stereocenters. The summed E-state index contributed by atoms with van der Waals surface area (Å²) in [6.07, 6.45) is 8.00. The van der Waals surface area contributed by atoms with Crippen molar-refractivity contribution in [3.8, 4) is 0 Å². The molecule has 0 amide bonds. The number of aromatic nitrogens is 3.